The standard InChI is InChI=1S/C14H25N7O4/c1-14(2,3)25-13(24)16-8-6-7-15-11(22)9-17-19-10(20-18-9)12(23)21(4)5/h6-8H2,1-5H3,(H,15,22)(H,16,24)(H,17,18)(H,19,20). The van der Waals surface area contributed by atoms with Crippen molar-refractivity contribution < 1.29 is 19.1 Å². The van der Waals surface area contributed by atoms with Crippen LogP contribution in [0.3, 0.4) is 0 Å². The van der Waals surface area contributed by atoms with Crippen molar-refractivity contribution in [2.75, 3.05) is 27.2 Å². The second-order valence-corrected chi connectivity index (χ2v) is 6.38. The Labute approximate surface area is 146 Å². The molecule has 25 heavy (non-hydrogen) atoms. The maximum Gasteiger partial charge on any atom is 0.407 e. The van der Waals surface area contributed by atoms with Crippen LogP contribution in [0.5, 0.6) is 0 Å². The van der Waals surface area contributed by atoms with Crippen LogP contribution in [-0.4, -0.2) is 67.3 Å². The number of nitrogens with zero attached hydrogens (tertiary/aromatic N) is 3. The molecule has 1 aliphatic rings. The Kier molecular flexibility index (Phi) is 7.15. The van der Waals surface area contributed by atoms with Gasteiger partial charge in [0.05, 0.1) is 0 Å². The number of carbonyl (C=O) groups excluding carboxylic acids is 3. The van der Waals surface area contributed by atoms with Crippen molar-refractivity contribution in [3.05, 3.63) is 0 Å². The van der Waals surface area contributed by atoms with Gasteiger partial charge in [0.15, 0.2) is 0 Å². The third-order valence-corrected chi connectivity index (χ3v) is 2.68. The van der Waals surface area contributed by atoms with E-state index in [0.29, 0.717) is 19.5 Å². The van der Waals surface area contributed by atoms with Gasteiger partial charge in [0, 0.05) is 27.2 Å². The van der Waals surface area contributed by atoms with Gasteiger partial charge in [-0.25, -0.2) is 4.79 Å². The largest absolute Gasteiger partial charge is 0.444 e. The molecule has 0 fully saturated rings. The number of hydrogen-bond acceptors (Lipinski definition) is 8. The highest BCUT2D eigenvalue weighted by Crippen LogP contribution is 2.06. The summed E-state index contributed by atoms with van der Waals surface area (Å²) in [6.45, 7) is 6.01. The summed E-state index contributed by atoms with van der Waals surface area (Å²) in [7, 11) is 3.15. The van der Waals surface area contributed by atoms with Crippen LogP contribution in [0.4, 0.5) is 4.79 Å². The Morgan fingerprint density at radius 2 is 1.60 bits per heavy atom. The quantitative estimate of drug-likeness (QED) is 0.448. The number of likely N-dealkylation sites (N-methyl/N-ethyl adjacent to an activating group) is 1. The monoisotopic (exact) mass is 355 g/mol. The maximum absolute atomic E-state index is 11.9. The summed E-state index contributed by atoms with van der Waals surface area (Å²) < 4.78 is 5.09. The van der Waals surface area contributed by atoms with E-state index in [9.17, 15) is 14.4 Å². The van der Waals surface area contributed by atoms with Crippen LogP contribution in [0.1, 0.15) is 27.2 Å². The van der Waals surface area contributed by atoms with E-state index in [-0.39, 0.29) is 17.6 Å². The van der Waals surface area contributed by atoms with Gasteiger partial charge in [-0.1, -0.05) is 0 Å². The highest BCUT2D eigenvalue weighted by atomic mass is 16.6. The second-order valence-electron chi connectivity index (χ2n) is 6.38. The summed E-state index contributed by atoms with van der Waals surface area (Å²) in [5, 5.41) is 12.7. The number of carbonyl (C=O) groups is 3. The number of hydrogen-bond donors (Lipinski definition) is 4. The van der Waals surface area contributed by atoms with E-state index in [1.165, 1.54) is 4.90 Å². The SMILES string of the molecule is CN(C)C(=O)C1=NNC(C(=O)NCCCNC(=O)OC(C)(C)C)=NN1. The fourth-order valence-electron chi connectivity index (χ4n) is 1.56. The summed E-state index contributed by atoms with van der Waals surface area (Å²) in [6, 6.07) is 0. The Morgan fingerprint density at radius 1 is 1.04 bits per heavy atom. The minimum Gasteiger partial charge on any atom is -0.444 e. The average Bonchev–Trinajstić information content (AvgIpc) is 2.52. The molecule has 0 spiro atoms. The van der Waals surface area contributed by atoms with Gasteiger partial charge in [-0.05, 0) is 27.2 Å². The van der Waals surface area contributed by atoms with Crippen molar-refractivity contribution in [3.8, 4) is 0 Å². The number of rotatable bonds is 6. The average molecular weight is 355 g/mol. The van der Waals surface area contributed by atoms with Gasteiger partial charge in [-0.2, -0.15) is 0 Å². The zero-order chi connectivity index (χ0) is 19.0. The van der Waals surface area contributed by atoms with Crippen molar-refractivity contribution in [3.63, 3.8) is 0 Å². The van der Waals surface area contributed by atoms with E-state index in [2.05, 4.69) is 31.7 Å². The summed E-state index contributed by atoms with van der Waals surface area (Å²) in [5.74, 6) is -0.924. The third kappa shape index (κ3) is 7.50. The molecular formula is C14H25N7O4. The zero-order valence-electron chi connectivity index (χ0n) is 15.1. The molecule has 0 bridgehead atoms. The Balaban J connectivity index is 2.24. The molecule has 140 valence electrons. The molecule has 4 N–H and O–H groups in total. The molecule has 0 saturated carbocycles. The first-order chi connectivity index (χ1) is 11.6. The Morgan fingerprint density at radius 3 is 2.12 bits per heavy atom. The Hall–Kier alpha value is -2.85. The first-order valence-electron chi connectivity index (χ1n) is 7.74. The fourth-order valence-corrected chi connectivity index (χ4v) is 1.56. The molecule has 0 atom stereocenters. The van der Waals surface area contributed by atoms with Gasteiger partial charge in [-0.3, -0.25) is 20.4 Å². The van der Waals surface area contributed by atoms with Crippen molar-refractivity contribution in [2.24, 2.45) is 10.2 Å². The van der Waals surface area contributed by atoms with Crippen LogP contribution in [0.2, 0.25) is 0 Å². The number of nitrogens with one attached hydrogen (secondary N) is 4. The molecule has 0 aliphatic carbocycles. The van der Waals surface area contributed by atoms with E-state index >= 15 is 0 Å². The van der Waals surface area contributed by atoms with Gasteiger partial charge in [0.2, 0.25) is 11.7 Å². The minimum atomic E-state index is -0.552. The highest BCUT2D eigenvalue weighted by molar-refractivity contribution is 6.42. The molecule has 0 aromatic heterocycles. The van der Waals surface area contributed by atoms with Gasteiger partial charge < -0.3 is 20.3 Å². The lowest BCUT2D eigenvalue weighted by Gasteiger charge is -2.19. The molecule has 3 amide bonds. The van der Waals surface area contributed by atoms with Crippen LogP contribution in [0, 0.1) is 0 Å². The fraction of sp³-hybridized carbons (Fsp3) is 0.643. The van der Waals surface area contributed by atoms with Crippen molar-refractivity contribution in [1.82, 2.24) is 26.4 Å². The lowest BCUT2D eigenvalue weighted by Crippen LogP contribution is -2.47. The summed E-state index contributed by atoms with van der Waals surface area (Å²) in [4.78, 5) is 36.3. The summed E-state index contributed by atoms with van der Waals surface area (Å²) >= 11 is 0. The van der Waals surface area contributed by atoms with E-state index in [1.807, 2.05) is 0 Å². The lowest BCUT2D eigenvalue weighted by atomic mass is 10.2. The number of ether oxygens (including phenoxy) is 1. The lowest BCUT2D eigenvalue weighted by molar-refractivity contribution is -0.122. The normalized spacial score (nSPS) is 13.5. The smallest absolute Gasteiger partial charge is 0.407 e. The van der Waals surface area contributed by atoms with E-state index in [4.69, 9.17) is 4.74 Å². The van der Waals surface area contributed by atoms with Gasteiger partial charge in [0.25, 0.3) is 11.8 Å². The number of amides is 3. The molecule has 0 aromatic rings. The molecule has 0 unspecified atom stereocenters. The molecule has 0 aromatic carbocycles. The number of alkyl carbamates (subject to hydrolysis) is 1. The van der Waals surface area contributed by atoms with Gasteiger partial charge in [-0.15, -0.1) is 10.2 Å². The van der Waals surface area contributed by atoms with Crippen LogP contribution >= 0.6 is 0 Å². The van der Waals surface area contributed by atoms with Gasteiger partial charge >= 0.3 is 6.09 Å². The second kappa shape index (κ2) is 8.85. The summed E-state index contributed by atoms with van der Waals surface area (Å²) in [6.07, 6.45) is 0.00745. The molecular weight excluding hydrogens is 330 g/mol. The first-order valence-corrected chi connectivity index (χ1v) is 7.74. The molecule has 1 heterocycles. The molecule has 11 heteroatoms. The van der Waals surface area contributed by atoms with Crippen molar-refractivity contribution in [1.29, 1.82) is 0 Å². The van der Waals surface area contributed by atoms with E-state index in [0.717, 1.165) is 0 Å². The van der Waals surface area contributed by atoms with Crippen LogP contribution in [-0.2, 0) is 14.3 Å². The molecule has 0 saturated heterocycles. The molecule has 0 radical (unpaired) electrons. The van der Waals surface area contributed by atoms with Crippen molar-refractivity contribution in [2.45, 2.75) is 32.8 Å². The van der Waals surface area contributed by atoms with Crippen LogP contribution in [0.15, 0.2) is 10.2 Å². The van der Waals surface area contributed by atoms with E-state index in [1.54, 1.807) is 34.9 Å². The molecule has 11 nitrogen and oxygen atoms in total. The third-order valence-electron chi connectivity index (χ3n) is 2.68. The summed E-state index contributed by atoms with van der Waals surface area (Å²) in [5.41, 5.74) is 4.28. The van der Waals surface area contributed by atoms with E-state index < -0.39 is 17.6 Å². The van der Waals surface area contributed by atoms with Crippen LogP contribution < -0.4 is 21.5 Å². The predicted molar refractivity (Wildman–Crippen MR) is 91.7 cm³/mol. The first kappa shape index (κ1) is 20.2. The van der Waals surface area contributed by atoms with Crippen molar-refractivity contribution >= 4 is 29.6 Å². The topological polar surface area (TPSA) is 137 Å². The maximum atomic E-state index is 11.9. The Bertz CT molecular complexity index is 578. The van der Waals surface area contributed by atoms with Crippen LogP contribution in [0.25, 0.3) is 0 Å². The number of amidine groups is 2. The highest BCUT2D eigenvalue weighted by Gasteiger charge is 2.20. The number of hydrazone groups is 2. The van der Waals surface area contributed by atoms with Gasteiger partial charge in [0.1, 0.15) is 5.60 Å². The molecule has 1 aliphatic heterocycles. The molecule has 1 rings (SSSR count). The predicted octanol–water partition coefficient (Wildman–Crippen LogP) is -1.07. The zero-order valence-corrected chi connectivity index (χ0v) is 15.1. The minimum absolute atomic E-state index is 0.0110.